The average molecular weight is 361 g/mol. The van der Waals surface area contributed by atoms with Crippen molar-refractivity contribution in [2.24, 2.45) is 0 Å². The van der Waals surface area contributed by atoms with Crippen LogP contribution in [0.4, 0.5) is 0 Å². The number of ether oxygens (including phenoxy) is 1. The molecule has 2 aromatic carbocycles. The second kappa shape index (κ2) is 7.61. The third-order valence-corrected chi connectivity index (χ3v) is 5.60. The molecular weight excluding hydrogens is 332 g/mol. The van der Waals surface area contributed by atoms with Gasteiger partial charge in [-0.15, -0.1) is 0 Å². The molecule has 0 spiro atoms. The molecule has 1 aliphatic heterocycles. The Kier molecular flexibility index (Phi) is 5.04. The van der Waals surface area contributed by atoms with Gasteiger partial charge >= 0.3 is 0 Å². The monoisotopic (exact) mass is 360 g/mol. The summed E-state index contributed by atoms with van der Waals surface area (Å²) < 4.78 is 7.86. The number of hydrogen-bond acceptors (Lipinski definition) is 2. The fraction of sp³-hybridized carbons (Fsp3) is 0.333. The van der Waals surface area contributed by atoms with Gasteiger partial charge in [-0.3, -0.25) is 4.90 Å². The Balaban J connectivity index is 1.77. The van der Waals surface area contributed by atoms with Crippen molar-refractivity contribution in [1.82, 2.24) is 9.47 Å². The topological polar surface area (TPSA) is 17.4 Å². The van der Waals surface area contributed by atoms with Gasteiger partial charge < -0.3 is 9.30 Å². The van der Waals surface area contributed by atoms with Crippen molar-refractivity contribution in [3.8, 4) is 5.75 Å². The van der Waals surface area contributed by atoms with Crippen molar-refractivity contribution < 1.29 is 4.74 Å². The molecule has 27 heavy (non-hydrogen) atoms. The van der Waals surface area contributed by atoms with Crippen LogP contribution in [0.2, 0.25) is 0 Å². The maximum absolute atomic E-state index is 5.44. The van der Waals surface area contributed by atoms with Gasteiger partial charge in [0.2, 0.25) is 0 Å². The number of methoxy groups -OCH3 is 1. The van der Waals surface area contributed by atoms with E-state index in [2.05, 4.69) is 78.0 Å². The average Bonchev–Trinajstić information content (AvgIpc) is 3.06. The molecule has 2 heterocycles. The molecule has 0 saturated heterocycles. The van der Waals surface area contributed by atoms with Gasteiger partial charge in [0.15, 0.2) is 0 Å². The van der Waals surface area contributed by atoms with E-state index >= 15 is 0 Å². The van der Waals surface area contributed by atoms with E-state index in [0.29, 0.717) is 0 Å². The van der Waals surface area contributed by atoms with Crippen molar-refractivity contribution >= 4 is 0 Å². The molecule has 0 aliphatic carbocycles. The van der Waals surface area contributed by atoms with Gasteiger partial charge in [0.05, 0.1) is 13.2 Å². The Morgan fingerprint density at radius 1 is 1.00 bits per heavy atom. The second-order valence-electron chi connectivity index (χ2n) is 7.56. The van der Waals surface area contributed by atoms with E-state index in [-0.39, 0.29) is 6.04 Å². The molecule has 3 heteroatoms. The minimum absolute atomic E-state index is 0.272. The van der Waals surface area contributed by atoms with Crippen LogP contribution in [-0.2, 0) is 13.1 Å². The minimum atomic E-state index is 0.272. The zero-order valence-electron chi connectivity index (χ0n) is 16.5. The van der Waals surface area contributed by atoms with Crippen LogP contribution in [0, 0.1) is 13.8 Å². The molecule has 1 unspecified atom stereocenters. The number of hydrogen-bond donors (Lipinski definition) is 0. The highest BCUT2D eigenvalue weighted by atomic mass is 16.5. The fourth-order valence-electron chi connectivity index (χ4n) is 4.23. The molecule has 140 valence electrons. The summed E-state index contributed by atoms with van der Waals surface area (Å²) in [7, 11) is 1.73. The third kappa shape index (κ3) is 3.65. The van der Waals surface area contributed by atoms with Crippen LogP contribution in [0.25, 0.3) is 0 Å². The lowest BCUT2D eigenvalue weighted by molar-refractivity contribution is 0.219. The molecule has 1 aromatic heterocycles. The molecule has 3 aromatic rings. The summed E-state index contributed by atoms with van der Waals surface area (Å²) in [5.41, 5.74) is 6.78. The molecule has 0 fully saturated rings. The molecule has 1 atom stereocenters. The lowest BCUT2D eigenvalue weighted by atomic mass is 9.95. The van der Waals surface area contributed by atoms with Crippen LogP contribution in [0.3, 0.4) is 0 Å². The van der Waals surface area contributed by atoms with E-state index in [1.807, 2.05) is 6.07 Å². The van der Waals surface area contributed by atoms with Gasteiger partial charge in [0, 0.05) is 31.5 Å². The van der Waals surface area contributed by atoms with Crippen molar-refractivity contribution in [1.29, 1.82) is 0 Å². The summed E-state index contributed by atoms with van der Waals surface area (Å²) in [6.07, 6.45) is 3.38. The fourth-order valence-corrected chi connectivity index (χ4v) is 4.23. The molecular formula is C24H28N2O. The van der Waals surface area contributed by atoms with Crippen LogP contribution in [0.15, 0.2) is 60.8 Å². The molecule has 0 radical (unpaired) electrons. The SMILES string of the molecule is COc1cccc(CN2CCCn3cccc3C2c2cc(C)ccc2C)c1. The standard InChI is InChI=1S/C24H28N2O/c1-18-10-11-19(2)22(15-18)24-23-9-5-12-25(23)13-6-14-26(24)17-20-7-4-8-21(16-20)27-3/h4-5,7-12,15-16,24H,6,13-14,17H2,1-3H3. The maximum atomic E-state index is 5.44. The largest absolute Gasteiger partial charge is 0.497 e. The summed E-state index contributed by atoms with van der Waals surface area (Å²) >= 11 is 0. The van der Waals surface area contributed by atoms with Gasteiger partial charge in [0.1, 0.15) is 5.75 Å². The Hall–Kier alpha value is -2.52. The molecule has 4 rings (SSSR count). The first-order valence-electron chi connectivity index (χ1n) is 9.75. The molecule has 0 amide bonds. The highest BCUT2D eigenvalue weighted by Crippen LogP contribution is 2.35. The van der Waals surface area contributed by atoms with Crippen molar-refractivity contribution in [2.45, 2.75) is 39.4 Å². The predicted octanol–water partition coefficient (Wildman–Crippen LogP) is 5.11. The number of fused-ring (bicyclic) bond motifs is 1. The maximum Gasteiger partial charge on any atom is 0.119 e. The summed E-state index contributed by atoms with van der Waals surface area (Å²) in [5, 5.41) is 0. The third-order valence-electron chi connectivity index (χ3n) is 5.60. The first-order valence-corrected chi connectivity index (χ1v) is 9.75. The highest BCUT2D eigenvalue weighted by Gasteiger charge is 2.28. The molecule has 0 bridgehead atoms. The normalized spacial score (nSPS) is 17.4. The predicted molar refractivity (Wildman–Crippen MR) is 110 cm³/mol. The Morgan fingerprint density at radius 3 is 2.74 bits per heavy atom. The lowest BCUT2D eigenvalue weighted by Crippen LogP contribution is -2.30. The van der Waals surface area contributed by atoms with E-state index in [1.54, 1.807) is 7.11 Å². The molecule has 0 N–H and O–H groups in total. The lowest BCUT2D eigenvalue weighted by Gasteiger charge is -2.32. The summed E-state index contributed by atoms with van der Waals surface area (Å²) in [5.74, 6) is 0.925. The summed E-state index contributed by atoms with van der Waals surface area (Å²) in [4.78, 5) is 2.62. The Morgan fingerprint density at radius 2 is 1.89 bits per heavy atom. The molecule has 3 nitrogen and oxygen atoms in total. The first-order chi connectivity index (χ1) is 13.2. The van der Waals surface area contributed by atoms with Crippen molar-refractivity contribution in [3.63, 3.8) is 0 Å². The molecule has 0 saturated carbocycles. The summed E-state index contributed by atoms with van der Waals surface area (Å²) in [6, 6.07) is 20.0. The smallest absolute Gasteiger partial charge is 0.119 e. The van der Waals surface area contributed by atoms with E-state index in [9.17, 15) is 0 Å². The minimum Gasteiger partial charge on any atom is -0.497 e. The first kappa shape index (κ1) is 17.9. The van der Waals surface area contributed by atoms with Crippen molar-refractivity contribution in [2.75, 3.05) is 13.7 Å². The van der Waals surface area contributed by atoms with Crippen LogP contribution in [-0.4, -0.2) is 23.1 Å². The number of aryl methyl sites for hydroxylation is 3. The van der Waals surface area contributed by atoms with Crippen molar-refractivity contribution in [3.05, 3.63) is 88.7 Å². The Bertz CT molecular complexity index is 928. The van der Waals surface area contributed by atoms with Gasteiger partial charge in [-0.1, -0.05) is 35.9 Å². The van der Waals surface area contributed by atoms with Gasteiger partial charge in [-0.2, -0.15) is 0 Å². The van der Waals surface area contributed by atoms with Crippen LogP contribution in [0.5, 0.6) is 5.75 Å². The quantitative estimate of drug-likeness (QED) is 0.643. The Labute approximate surface area is 162 Å². The van der Waals surface area contributed by atoms with E-state index < -0.39 is 0 Å². The van der Waals surface area contributed by atoms with Crippen LogP contribution in [0.1, 0.15) is 40.4 Å². The van der Waals surface area contributed by atoms with Gasteiger partial charge in [-0.05, 0) is 61.2 Å². The number of nitrogens with zero attached hydrogens (tertiary/aromatic N) is 2. The van der Waals surface area contributed by atoms with Gasteiger partial charge in [-0.25, -0.2) is 0 Å². The highest BCUT2D eigenvalue weighted by molar-refractivity contribution is 5.38. The number of aromatic nitrogens is 1. The summed E-state index contributed by atoms with van der Waals surface area (Å²) in [6.45, 7) is 7.50. The zero-order valence-corrected chi connectivity index (χ0v) is 16.5. The van der Waals surface area contributed by atoms with Gasteiger partial charge in [0.25, 0.3) is 0 Å². The number of rotatable bonds is 4. The van der Waals surface area contributed by atoms with E-state index in [4.69, 9.17) is 4.74 Å². The van der Waals surface area contributed by atoms with E-state index in [1.165, 1.54) is 27.9 Å². The van der Waals surface area contributed by atoms with Crippen LogP contribution >= 0.6 is 0 Å². The molecule has 1 aliphatic rings. The van der Waals surface area contributed by atoms with Crippen LogP contribution < -0.4 is 4.74 Å². The van der Waals surface area contributed by atoms with E-state index in [0.717, 1.165) is 31.8 Å². The zero-order chi connectivity index (χ0) is 18.8. The second-order valence-corrected chi connectivity index (χ2v) is 7.56. The number of benzene rings is 2.